The van der Waals surface area contributed by atoms with E-state index in [1.165, 1.54) is 0 Å². The van der Waals surface area contributed by atoms with E-state index >= 15 is 0 Å². The number of likely N-dealkylation sites (N-methyl/N-ethyl adjacent to an activating group) is 1. The van der Waals surface area contributed by atoms with Gasteiger partial charge in [-0.3, -0.25) is 9.69 Å². The first-order valence-corrected chi connectivity index (χ1v) is 8.82. The molecule has 1 unspecified atom stereocenters. The Bertz CT molecular complexity index is 696. The van der Waals surface area contributed by atoms with Crippen LogP contribution >= 0.6 is 0 Å². The first kappa shape index (κ1) is 19.0. The fraction of sp³-hybridized carbons (Fsp3) is 0.381. The highest BCUT2D eigenvalue weighted by Gasteiger charge is 2.20. The molecule has 0 aliphatic carbocycles. The molecule has 1 N–H and O–H groups in total. The number of hydrogen-bond donors (Lipinski definition) is 1. The van der Waals surface area contributed by atoms with Crippen LogP contribution in [0.2, 0.25) is 0 Å². The van der Waals surface area contributed by atoms with Gasteiger partial charge < -0.3 is 10.1 Å². The van der Waals surface area contributed by atoms with E-state index in [4.69, 9.17) is 4.74 Å². The summed E-state index contributed by atoms with van der Waals surface area (Å²) in [6.07, 6.45) is 0. The van der Waals surface area contributed by atoms with Crippen molar-refractivity contribution in [1.29, 1.82) is 0 Å². The highest BCUT2D eigenvalue weighted by molar-refractivity contribution is 5.95. The summed E-state index contributed by atoms with van der Waals surface area (Å²) in [5.74, 6) is 0.804. The van der Waals surface area contributed by atoms with E-state index in [1.54, 1.807) is 7.11 Å². The molecular formula is C21H28N2O2. The highest BCUT2D eigenvalue weighted by Crippen LogP contribution is 2.24. The minimum absolute atomic E-state index is 0.0295. The zero-order chi connectivity index (χ0) is 18.2. The van der Waals surface area contributed by atoms with Crippen molar-refractivity contribution in [2.75, 3.05) is 26.7 Å². The third-order valence-electron chi connectivity index (χ3n) is 4.58. The van der Waals surface area contributed by atoms with E-state index < -0.39 is 0 Å². The maximum Gasteiger partial charge on any atom is 0.251 e. The zero-order valence-corrected chi connectivity index (χ0v) is 15.6. The van der Waals surface area contributed by atoms with Gasteiger partial charge in [0.15, 0.2) is 0 Å². The molecule has 1 atom stereocenters. The summed E-state index contributed by atoms with van der Waals surface area (Å²) in [7, 11) is 1.67. The van der Waals surface area contributed by atoms with E-state index in [-0.39, 0.29) is 11.9 Å². The molecule has 2 aromatic rings. The summed E-state index contributed by atoms with van der Waals surface area (Å²) in [5, 5.41) is 3.10. The van der Waals surface area contributed by atoms with E-state index in [1.807, 2.05) is 49.4 Å². The van der Waals surface area contributed by atoms with Crippen LogP contribution in [0, 0.1) is 6.92 Å². The van der Waals surface area contributed by atoms with Crippen molar-refractivity contribution in [3.05, 3.63) is 65.2 Å². The molecule has 0 spiro atoms. The SMILES string of the molecule is CCN(CC)C(CNC(=O)c1ccccc1C)c1cccc(OC)c1. The second kappa shape index (κ2) is 9.23. The first-order chi connectivity index (χ1) is 12.1. The summed E-state index contributed by atoms with van der Waals surface area (Å²) in [6.45, 7) is 8.62. The van der Waals surface area contributed by atoms with Gasteiger partial charge >= 0.3 is 0 Å². The lowest BCUT2D eigenvalue weighted by Crippen LogP contribution is -2.38. The van der Waals surface area contributed by atoms with Crippen LogP contribution in [0.25, 0.3) is 0 Å². The molecule has 0 bridgehead atoms. The Labute approximate surface area is 150 Å². The summed E-state index contributed by atoms with van der Waals surface area (Å²) in [4.78, 5) is 14.9. The summed E-state index contributed by atoms with van der Waals surface area (Å²) in [5.41, 5.74) is 2.86. The molecule has 2 aromatic carbocycles. The van der Waals surface area contributed by atoms with E-state index in [0.717, 1.165) is 35.5 Å². The Morgan fingerprint density at radius 1 is 1.12 bits per heavy atom. The molecule has 134 valence electrons. The average Bonchev–Trinajstić information content (AvgIpc) is 2.65. The Morgan fingerprint density at radius 2 is 1.84 bits per heavy atom. The van der Waals surface area contributed by atoms with Crippen molar-refractivity contribution in [1.82, 2.24) is 10.2 Å². The predicted molar refractivity (Wildman–Crippen MR) is 102 cm³/mol. The second-order valence-electron chi connectivity index (χ2n) is 6.04. The molecule has 25 heavy (non-hydrogen) atoms. The molecule has 0 fully saturated rings. The number of aryl methyl sites for hydroxylation is 1. The molecule has 1 amide bonds. The van der Waals surface area contributed by atoms with Crippen molar-refractivity contribution in [2.24, 2.45) is 0 Å². The molecule has 0 aliphatic heterocycles. The minimum Gasteiger partial charge on any atom is -0.497 e. The van der Waals surface area contributed by atoms with Gasteiger partial charge in [-0.25, -0.2) is 0 Å². The normalized spacial score (nSPS) is 12.0. The van der Waals surface area contributed by atoms with E-state index in [0.29, 0.717) is 6.54 Å². The van der Waals surface area contributed by atoms with Crippen LogP contribution in [0.4, 0.5) is 0 Å². The van der Waals surface area contributed by atoms with Crippen LogP contribution in [-0.2, 0) is 0 Å². The van der Waals surface area contributed by atoms with Gasteiger partial charge in [-0.05, 0) is 49.3 Å². The van der Waals surface area contributed by atoms with Gasteiger partial charge in [0.05, 0.1) is 13.2 Å². The lowest BCUT2D eigenvalue weighted by atomic mass is 10.0. The molecule has 0 heterocycles. The van der Waals surface area contributed by atoms with Gasteiger partial charge in [-0.2, -0.15) is 0 Å². The van der Waals surface area contributed by atoms with E-state index in [9.17, 15) is 4.79 Å². The van der Waals surface area contributed by atoms with Gasteiger partial charge in [0, 0.05) is 12.1 Å². The Balaban J connectivity index is 2.19. The van der Waals surface area contributed by atoms with Crippen molar-refractivity contribution < 1.29 is 9.53 Å². The molecule has 2 rings (SSSR count). The Morgan fingerprint density at radius 3 is 2.48 bits per heavy atom. The van der Waals surface area contributed by atoms with Crippen molar-refractivity contribution in [3.63, 3.8) is 0 Å². The van der Waals surface area contributed by atoms with Crippen LogP contribution in [0.15, 0.2) is 48.5 Å². The van der Waals surface area contributed by atoms with Crippen molar-refractivity contribution in [2.45, 2.75) is 26.8 Å². The monoisotopic (exact) mass is 340 g/mol. The third kappa shape index (κ3) is 4.83. The molecule has 0 saturated carbocycles. The molecule has 0 radical (unpaired) electrons. The summed E-state index contributed by atoms with van der Waals surface area (Å²) >= 11 is 0. The molecular weight excluding hydrogens is 312 g/mol. The van der Waals surface area contributed by atoms with Crippen LogP contribution in [0.3, 0.4) is 0 Å². The number of carbonyl (C=O) groups is 1. The molecule has 4 nitrogen and oxygen atoms in total. The molecule has 0 aromatic heterocycles. The molecule has 0 aliphatic rings. The smallest absolute Gasteiger partial charge is 0.251 e. The lowest BCUT2D eigenvalue weighted by molar-refractivity contribution is 0.0934. The minimum atomic E-state index is -0.0295. The fourth-order valence-electron chi connectivity index (χ4n) is 3.08. The number of ether oxygens (including phenoxy) is 1. The van der Waals surface area contributed by atoms with Crippen LogP contribution in [0.5, 0.6) is 5.75 Å². The maximum absolute atomic E-state index is 12.6. The molecule has 4 heteroatoms. The van der Waals surface area contributed by atoms with Gasteiger partial charge in [-0.1, -0.05) is 44.2 Å². The Hall–Kier alpha value is -2.33. The first-order valence-electron chi connectivity index (χ1n) is 8.82. The number of hydrogen-bond acceptors (Lipinski definition) is 3. The number of nitrogens with zero attached hydrogens (tertiary/aromatic N) is 1. The number of benzene rings is 2. The number of carbonyl (C=O) groups excluding carboxylic acids is 1. The second-order valence-corrected chi connectivity index (χ2v) is 6.04. The van der Waals surface area contributed by atoms with Crippen LogP contribution in [-0.4, -0.2) is 37.6 Å². The van der Waals surface area contributed by atoms with Gasteiger partial charge in [0.2, 0.25) is 0 Å². The Kier molecular flexibility index (Phi) is 7.02. The van der Waals surface area contributed by atoms with E-state index in [2.05, 4.69) is 30.1 Å². The predicted octanol–water partition coefficient (Wildman–Crippen LogP) is 3.82. The van der Waals surface area contributed by atoms with Crippen LogP contribution in [0.1, 0.15) is 41.4 Å². The fourth-order valence-corrected chi connectivity index (χ4v) is 3.08. The zero-order valence-electron chi connectivity index (χ0n) is 15.6. The highest BCUT2D eigenvalue weighted by atomic mass is 16.5. The number of nitrogens with one attached hydrogen (secondary N) is 1. The number of amides is 1. The van der Waals surface area contributed by atoms with Crippen LogP contribution < -0.4 is 10.1 Å². The maximum atomic E-state index is 12.6. The average molecular weight is 340 g/mol. The number of methoxy groups -OCH3 is 1. The molecule has 0 saturated heterocycles. The van der Waals surface area contributed by atoms with Gasteiger partial charge in [0.25, 0.3) is 5.91 Å². The quantitative estimate of drug-likeness (QED) is 0.794. The number of rotatable bonds is 8. The third-order valence-corrected chi connectivity index (χ3v) is 4.58. The lowest BCUT2D eigenvalue weighted by Gasteiger charge is -2.30. The topological polar surface area (TPSA) is 41.6 Å². The van der Waals surface area contributed by atoms with Crippen molar-refractivity contribution >= 4 is 5.91 Å². The summed E-state index contributed by atoms with van der Waals surface area (Å²) in [6, 6.07) is 15.8. The standard InChI is InChI=1S/C21H28N2O2/c1-5-23(6-2)20(17-11-9-12-18(14-17)25-4)15-22-21(24)19-13-8-7-10-16(19)3/h7-14,20H,5-6,15H2,1-4H3,(H,22,24). The van der Waals surface area contributed by atoms with Crippen molar-refractivity contribution in [3.8, 4) is 5.75 Å². The van der Waals surface area contributed by atoms with Gasteiger partial charge in [0.1, 0.15) is 5.75 Å². The largest absolute Gasteiger partial charge is 0.497 e. The van der Waals surface area contributed by atoms with Gasteiger partial charge in [-0.15, -0.1) is 0 Å². The summed E-state index contributed by atoms with van der Waals surface area (Å²) < 4.78 is 5.36.